The Kier molecular flexibility index (Phi) is 3.84. The molecule has 0 spiro atoms. The van der Waals surface area contributed by atoms with Crippen molar-refractivity contribution in [1.29, 1.82) is 0 Å². The summed E-state index contributed by atoms with van der Waals surface area (Å²) >= 11 is 0. The van der Waals surface area contributed by atoms with Gasteiger partial charge in [-0.3, -0.25) is 10.6 Å². The molecular weight excluding hydrogens is 230 g/mol. The summed E-state index contributed by atoms with van der Waals surface area (Å²) in [5.74, 6) is 5.31. The number of ether oxygens (including phenoxy) is 1. The number of nitrogens with two attached hydrogens (primary N) is 1. The number of hydrogen-bond donors (Lipinski definition) is 2. The predicted molar refractivity (Wildman–Crippen MR) is 70.2 cm³/mol. The zero-order chi connectivity index (χ0) is 13.1. The van der Waals surface area contributed by atoms with Gasteiger partial charge in [0.15, 0.2) is 0 Å². The van der Waals surface area contributed by atoms with Gasteiger partial charge in [0.05, 0.1) is 12.1 Å². The number of nitrogens with one attached hydrogen (secondary N) is 1. The van der Waals surface area contributed by atoms with E-state index < -0.39 is 0 Å². The Labute approximate surface area is 107 Å². The van der Waals surface area contributed by atoms with E-state index in [1.807, 2.05) is 14.0 Å². The highest BCUT2D eigenvalue weighted by atomic mass is 16.5. The van der Waals surface area contributed by atoms with Crippen LogP contribution < -0.4 is 11.3 Å². The molecule has 5 nitrogen and oxygen atoms in total. The Morgan fingerprint density at radius 2 is 2.11 bits per heavy atom. The summed E-state index contributed by atoms with van der Waals surface area (Å²) in [4.78, 5) is 14.1. The van der Waals surface area contributed by atoms with E-state index in [-0.39, 0.29) is 18.1 Å². The first-order chi connectivity index (χ1) is 8.63. The van der Waals surface area contributed by atoms with E-state index >= 15 is 0 Å². The van der Waals surface area contributed by atoms with Crippen LogP contribution in [0.1, 0.15) is 23.7 Å². The molecule has 1 heterocycles. The lowest BCUT2D eigenvalue weighted by molar-refractivity contribution is 0.0574. The molecule has 2 unspecified atom stereocenters. The molecule has 18 heavy (non-hydrogen) atoms. The Balaban J connectivity index is 2.09. The summed E-state index contributed by atoms with van der Waals surface area (Å²) in [6.07, 6.45) is 0.996. The molecule has 1 saturated heterocycles. The van der Waals surface area contributed by atoms with Crippen molar-refractivity contribution in [1.82, 2.24) is 4.90 Å². The van der Waals surface area contributed by atoms with Crippen molar-refractivity contribution in [3.05, 3.63) is 29.8 Å². The van der Waals surface area contributed by atoms with Crippen LogP contribution in [0.25, 0.3) is 0 Å². The summed E-state index contributed by atoms with van der Waals surface area (Å²) in [6, 6.07) is 7.28. The van der Waals surface area contributed by atoms with Gasteiger partial charge < -0.3 is 15.1 Å². The minimum Gasteiger partial charge on any atom is -0.376 e. The van der Waals surface area contributed by atoms with Gasteiger partial charge in [0, 0.05) is 24.9 Å². The van der Waals surface area contributed by atoms with E-state index in [1.54, 1.807) is 29.2 Å². The SMILES string of the molecule is CC1OCCC1N(C)C(=O)c1ccc(NN)cc1. The van der Waals surface area contributed by atoms with Crippen molar-refractivity contribution in [2.45, 2.75) is 25.5 Å². The quantitative estimate of drug-likeness (QED) is 0.624. The number of amides is 1. The van der Waals surface area contributed by atoms with Crippen LogP contribution in [0.4, 0.5) is 5.69 Å². The van der Waals surface area contributed by atoms with Gasteiger partial charge >= 0.3 is 0 Å². The predicted octanol–water partition coefficient (Wildman–Crippen LogP) is 1.22. The summed E-state index contributed by atoms with van der Waals surface area (Å²) in [7, 11) is 1.83. The second kappa shape index (κ2) is 5.37. The number of likely N-dealkylation sites (N-methyl/N-ethyl adjacent to an activating group) is 1. The van der Waals surface area contributed by atoms with Gasteiger partial charge in [0.25, 0.3) is 5.91 Å². The molecule has 1 aliphatic rings. The molecule has 0 bridgehead atoms. The minimum absolute atomic E-state index is 0.0147. The maximum absolute atomic E-state index is 12.3. The highest BCUT2D eigenvalue weighted by Gasteiger charge is 2.30. The maximum atomic E-state index is 12.3. The number of carbonyl (C=O) groups excluding carboxylic acids is 1. The van der Waals surface area contributed by atoms with Crippen LogP contribution in [-0.4, -0.2) is 36.6 Å². The standard InChI is InChI=1S/C13H19N3O2/c1-9-12(7-8-18-9)16(2)13(17)10-3-5-11(15-14)6-4-10/h3-6,9,12,15H,7-8,14H2,1-2H3. The van der Waals surface area contributed by atoms with Gasteiger partial charge in [-0.05, 0) is 37.6 Å². The molecule has 0 saturated carbocycles. The smallest absolute Gasteiger partial charge is 0.253 e. The number of benzene rings is 1. The van der Waals surface area contributed by atoms with Crippen molar-refractivity contribution in [2.24, 2.45) is 5.84 Å². The summed E-state index contributed by atoms with van der Waals surface area (Å²) in [5.41, 5.74) is 3.99. The third-order valence-electron chi connectivity index (χ3n) is 3.45. The Morgan fingerprint density at radius 1 is 1.44 bits per heavy atom. The van der Waals surface area contributed by atoms with Crippen LogP contribution in [0.5, 0.6) is 0 Å². The number of nitrogen functional groups attached to an aromatic ring is 1. The fourth-order valence-electron chi connectivity index (χ4n) is 2.29. The summed E-state index contributed by atoms with van der Waals surface area (Å²) < 4.78 is 5.49. The number of carbonyl (C=O) groups is 1. The number of anilines is 1. The molecular formula is C13H19N3O2. The molecule has 1 aliphatic heterocycles. The average Bonchev–Trinajstić information content (AvgIpc) is 2.83. The highest BCUT2D eigenvalue weighted by Crippen LogP contribution is 2.20. The minimum atomic E-state index is 0.0147. The van der Waals surface area contributed by atoms with Crippen molar-refractivity contribution >= 4 is 11.6 Å². The molecule has 5 heteroatoms. The van der Waals surface area contributed by atoms with Gasteiger partial charge in [-0.2, -0.15) is 0 Å². The third-order valence-corrected chi connectivity index (χ3v) is 3.45. The molecule has 1 fully saturated rings. The van der Waals surface area contributed by atoms with Crippen LogP contribution in [0.3, 0.4) is 0 Å². The molecule has 0 radical (unpaired) electrons. The van der Waals surface area contributed by atoms with Gasteiger partial charge in [-0.1, -0.05) is 0 Å². The van der Waals surface area contributed by atoms with Crippen LogP contribution in [0.2, 0.25) is 0 Å². The average molecular weight is 249 g/mol. The highest BCUT2D eigenvalue weighted by molar-refractivity contribution is 5.94. The largest absolute Gasteiger partial charge is 0.376 e. The Bertz CT molecular complexity index is 419. The second-order valence-electron chi connectivity index (χ2n) is 4.57. The maximum Gasteiger partial charge on any atom is 0.253 e. The van der Waals surface area contributed by atoms with Crippen molar-refractivity contribution in [3.8, 4) is 0 Å². The number of hydrogen-bond acceptors (Lipinski definition) is 4. The first kappa shape index (κ1) is 12.9. The number of rotatable bonds is 3. The van der Waals surface area contributed by atoms with Crippen molar-refractivity contribution in [3.63, 3.8) is 0 Å². The van der Waals surface area contributed by atoms with Crippen LogP contribution in [0.15, 0.2) is 24.3 Å². The summed E-state index contributed by atoms with van der Waals surface area (Å²) in [6.45, 7) is 2.72. The van der Waals surface area contributed by atoms with E-state index in [0.717, 1.165) is 18.7 Å². The van der Waals surface area contributed by atoms with Crippen LogP contribution in [-0.2, 0) is 4.74 Å². The molecule has 98 valence electrons. The van der Waals surface area contributed by atoms with Gasteiger partial charge in [0.2, 0.25) is 0 Å². The molecule has 1 aromatic rings. The van der Waals surface area contributed by atoms with Crippen LogP contribution >= 0.6 is 0 Å². The topological polar surface area (TPSA) is 67.6 Å². The van der Waals surface area contributed by atoms with Gasteiger partial charge in [-0.15, -0.1) is 0 Å². The lowest BCUT2D eigenvalue weighted by Crippen LogP contribution is -2.40. The fourth-order valence-corrected chi connectivity index (χ4v) is 2.29. The normalized spacial score (nSPS) is 22.8. The van der Waals surface area contributed by atoms with E-state index in [1.165, 1.54) is 0 Å². The Morgan fingerprint density at radius 3 is 2.61 bits per heavy atom. The first-order valence-corrected chi connectivity index (χ1v) is 6.09. The molecule has 0 aromatic heterocycles. The molecule has 0 aliphatic carbocycles. The third kappa shape index (κ3) is 2.47. The molecule has 2 atom stereocenters. The van der Waals surface area contributed by atoms with E-state index in [0.29, 0.717) is 5.56 Å². The lowest BCUT2D eigenvalue weighted by atomic mass is 10.1. The number of hydrazine groups is 1. The Hall–Kier alpha value is -1.59. The molecule has 1 aromatic carbocycles. The fraction of sp³-hybridized carbons (Fsp3) is 0.462. The van der Waals surface area contributed by atoms with Gasteiger partial charge in [0.1, 0.15) is 0 Å². The van der Waals surface area contributed by atoms with E-state index in [4.69, 9.17) is 10.6 Å². The second-order valence-corrected chi connectivity index (χ2v) is 4.57. The molecule has 3 N–H and O–H groups in total. The number of nitrogens with zero attached hydrogens (tertiary/aromatic N) is 1. The van der Waals surface area contributed by atoms with Crippen molar-refractivity contribution in [2.75, 3.05) is 19.1 Å². The lowest BCUT2D eigenvalue weighted by Gasteiger charge is -2.26. The van der Waals surface area contributed by atoms with Crippen molar-refractivity contribution < 1.29 is 9.53 Å². The zero-order valence-corrected chi connectivity index (χ0v) is 10.7. The first-order valence-electron chi connectivity index (χ1n) is 6.09. The monoisotopic (exact) mass is 249 g/mol. The van der Waals surface area contributed by atoms with Gasteiger partial charge in [-0.25, -0.2) is 0 Å². The molecule has 2 rings (SSSR count). The van der Waals surface area contributed by atoms with E-state index in [9.17, 15) is 4.79 Å². The zero-order valence-electron chi connectivity index (χ0n) is 10.7. The summed E-state index contributed by atoms with van der Waals surface area (Å²) in [5, 5.41) is 0. The van der Waals surface area contributed by atoms with E-state index in [2.05, 4.69) is 5.43 Å². The van der Waals surface area contributed by atoms with Crippen LogP contribution in [0, 0.1) is 0 Å². The molecule has 1 amide bonds.